The smallest absolute Gasteiger partial charge is 0.307 e. The lowest BCUT2D eigenvalue weighted by molar-refractivity contribution is -0.380. The Labute approximate surface area is 118 Å². The number of nitrogens with zero attached hydrogens (tertiary/aromatic N) is 2. The van der Waals surface area contributed by atoms with Crippen LogP contribution < -0.4 is 10.7 Å². The van der Waals surface area contributed by atoms with E-state index in [4.69, 9.17) is 0 Å². The summed E-state index contributed by atoms with van der Waals surface area (Å²) in [5, 5.41) is 16.8. The molecular formula is C12H10N4O3S. The second kappa shape index (κ2) is 6.43. The number of carbonyl (C=O) groups is 1. The monoisotopic (exact) mass is 290 g/mol. The van der Waals surface area contributed by atoms with E-state index in [2.05, 4.69) is 15.8 Å². The molecule has 2 amide bonds. The van der Waals surface area contributed by atoms with Crippen molar-refractivity contribution in [2.45, 2.75) is 0 Å². The van der Waals surface area contributed by atoms with Gasteiger partial charge in [-0.3, -0.25) is 10.1 Å². The van der Waals surface area contributed by atoms with Crippen LogP contribution in [0.5, 0.6) is 0 Å². The van der Waals surface area contributed by atoms with Crippen molar-refractivity contribution < 1.29 is 9.72 Å². The summed E-state index contributed by atoms with van der Waals surface area (Å²) in [6.07, 6.45) is 1.35. The molecule has 7 nitrogen and oxygen atoms in total. The van der Waals surface area contributed by atoms with Gasteiger partial charge in [-0.05, 0) is 18.2 Å². The number of urea groups is 1. The minimum absolute atomic E-state index is 0.0280. The number of anilines is 1. The molecule has 1 aromatic carbocycles. The predicted molar refractivity (Wildman–Crippen MR) is 77.2 cm³/mol. The summed E-state index contributed by atoms with van der Waals surface area (Å²) in [5.74, 6) is 0. The van der Waals surface area contributed by atoms with Gasteiger partial charge in [-0.15, -0.1) is 0 Å². The molecule has 102 valence electrons. The normalized spacial score (nSPS) is 10.4. The number of nitrogens with one attached hydrogen (secondary N) is 2. The molecule has 0 bridgehead atoms. The molecular weight excluding hydrogens is 280 g/mol. The van der Waals surface area contributed by atoms with E-state index >= 15 is 0 Å². The van der Waals surface area contributed by atoms with Crippen LogP contribution in [0.1, 0.15) is 4.88 Å². The number of benzene rings is 1. The van der Waals surface area contributed by atoms with Gasteiger partial charge in [0.2, 0.25) is 0 Å². The van der Waals surface area contributed by atoms with Gasteiger partial charge < -0.3 is 5.32 Å². The molecule has 0 aliphatic rings. The van der Waals surface area contributed by atoms with Crippen LogP contribution >= 0.6 is 11.3 Å². The van der Waals surface area contributed by atoms with E-state index in [1.807, 2.05) is 6.07 Å². The molecule has 0 aliphatic heterocycles. The Balaban J connectivity index is 1.86. The van der Waals surface area contributed by atoms with Gasteiger partial charge in [-0.1, -0.05) is 29.5 Å². The molecule has 0 spiro atoms. The second-order valence-electron chi connectivity index (χ2n) is 3.62. The molecule has 20 heavy (non-hydrogen) atoms. The highest BCUT2D eigenvalue weighted by molar-refractivity contribution is 7.16. The maximum atomic E-state index is 11.5. The van der Waals surface area contributed by atoms with Gasteiger partial charge in [0.1, 0.15) is 0 Å². The van der Waals surface area contributed by atoms with Crippen molar-refractivity contribution in [1.29, 1.82) is 0 Å². The Morgan fingerprint density at radius 1 is 1.25 bits per heavy atom. The molecule has 0 aliphatic carbocycles. The summed E-state index contributed by atoms with van der Waals surface area (Å²) < 4.78 is 0. The van der Waals surface area contributed by atoms with E-state index in [0.717, 1.165) is 11.3 Å². The Morgan fingerprint density at radius 3 is 2.65 bits per heavy atom. The van der Waals surface area contributed by atoms with E-state index in [1.165, 1.54) is 12.3 Å². The van der Waals surface area contributed by atoms with E-state index < -0.39 is 11.0 Å². The van der Waals surface area contributed by atoms with E-state index in [1.54, 1.807) is 30.3 Å². The largest absolute Gasteiger partial charge is 0.339 e. The van der Waals surface area contributed by atoms with Gasteiger partial charge in [0.05, 0.1) is 16.0 Å². The van der Waals surface area contributed by atoms with Crippen molar-refractivity contribution in [3.63, 3.8) is 0 Å². The number of rotatable bonds is 4. The zero-order chi connectivity index (χ0) is 14.4. The molecule has 8 heteroatoms. The lowest BCUT2D eigenvalue weighted by Crippen LogP contribution is -2.24. The highest BCUT2D eigenvalue weighted by Crippen LogP contribution is 2.22. The first-order valence-electron chi connectivity index (χ1n) is 5.54. The Hall–Kier alpha value is -2.74. The molecule has 0 saturated heterocycles. The van der Waals surface area contributed by atoms with E-state index in [-0.39, 0.29) is 5.00 Å². The fourth-order valence-corrected chi connectivity index (χ4v) is 2.04. The van der Waals surface area contributed by atoms with Crippen molar-refractivity contribution >= 4 is 34.3 Å². The standard InChI is InChI=1S/C12H10N4O3S/c17-12(14-9-4-2-1-3-5-9)15-13-8-10-6-7-11(20-10)16(18)19/h1-8H,(H2,14,15,17)/b13-8+. The fourth-order valence-electron chi connectivity index (χ4n) is 1.34. The van der Waals surface area contributed by atoms with Gasteiger partial charge in [-0.25, -0.2) is 10.2 Å². The van der Waals surface area contributed by atoms with Gasteiger partial charge in [-0.2, -0.15) is 5.10 Å². The van der Waals surface area contributed by atoms with Crippen molar-refractivity contribution in [3.8, 4) is 0 Å². The Bertz CT molecular complexity index is 639. The van der Waals surface area contributed by atoms with Crippen LogP contribution in [0.2, 0.25) is 0 Å². The Morgan fingerprint density at radius 2 is 2.00 bits per heavy atom. The zero-order valence-electron chi connectivity index (χ0n) is 10.1. The van der Waals surface area contributed by atoms with Crippen LogP contribution in [0.25, 0.3) is 0 Å². The molecule has 0 unspecified atom stereocenters. The highest BCUT2D eigenvalue weighted by Gasteiger charge is 2.08. The van der Waals surface area contributed by atoms with Crippen LogP contribution in [0, 0.1) is 10.1 Å². The molecule has 0 radical (unpaired) electrons. The van der Waals surface area contributed by atoms with Crippen molar-refractivity contribution in [2.24, 2.45) is 5.10 Å². The SMILES string of the molecule is O=C(N/N=C/c1ccc([N+](=O)[O-])s1)Nc1ccccc1. The summed E-state index contributed by atoms with van der Waals surface area (Å²) in [6, 6.07) is 11.4. The Kier molecular flexibility index (Phi) is 4.40. The molecule has 1 heterocycles. The van der Waals surface area contributed by atoms with Crippen molar-refractivity contribution in [2.75, 3.05) is 5.32 Å². The van der Waals surface area contributed by atoms with Gasteiger partial charge in [0, 0.05) is 11.8 Å². The first kappa shape index (κ1) is 13.7. The third-order valence-electron chi connectivity index (χ3n) is 2.18. The number of carbonyl (C=O) groups excluding carboxylic acids is 1. The number of thiophene rings is 1. The van der Waals surface area contributed by atoms with Crippen LogP contribution in [-0.4, -0.2) is 17.2 Å². The molecule has 0 atom stereocenters. The third kappa shape index (κ3) is 3.89. The predicted octanol–water partition coefficient (Wildman–Crippen LogP) is 2.81. The van der Waals surface area contributed by atoms with Gasteiger partial charge in [0.25, 0.3) is 0 Å². The third-order valence-corrected chi connectivity index (χ3v) is 3.15. The number of para-hydroxylation sites is 1. The number of hydrazone groups is 1. The maximum Gasteiger partial charge on any atom is 0.339 e. The average molecular weight is 290 g/mol. The number of amides is 2. The number of nitro groups is 1. The molecule has 2 aromatic rings. The van der Waals surface area contributed by atoms with Crippen LogP contribution in [0.4, 0.5) is 15.5 Å². The summed E-state index contributed by atoms with van der Waals surface area (Å²) in [5.41, 5.74) is 2.92. The second-order valence-corrected chi connectivity index (χ2v) is 4.72. The molecule has 0 fully saturated rings. The lowest BCUT2D eigenvalue weighted by atomic mass is 10.3. The molecule has 0 saturated carbocycles. The zero-order valence-corrected chi connectivity index (χ0v) is 11.0. The summed E-state index contributed by atoms with van der Waals surface area (Å²) in [4.78, 5) is 22.1. The van der Waals surface area contributed by atoms with Crippen LogP contribution in [-0.2, 0) is 0 Å². The molecule has 2 rings (SSSR count). The fraction of sp³-hybridized carbons (Fsp3) is 0. The number of hydrogen-bond acceptors (Lipinski definition) is 5. The first-order chi connectivity index (χ1) is 9.65. The molecule has 2 N–H and O–H groups in total. The lowest BCUT2D eigenvalue weighted by Gasteiger charge is -2.02. The van der Waals surface area contributed by atoms with Crippen LogP contribution in [0.3, 0.4) is 0 Å². The minimum Gasteiger partial charge on any atom is -0.307 e. The quantitative estimate of drug-likeness (QED) is 0.514. The number of hydrogen-bond donors (Lipinski definition) is 2. The topological polar surface area (TPSA) is 96.6 Å². The van der Waals surface area contributed by atoms with Crippen molar-refractivity contribution in [1.82, 2.24) is 5.43 Å². The minimum atomic E-state index is -0.487. The maximum absolute atomic E-state index is 11.5. The van der Waals surface area contributed by atoms with Gasteiger partial charge >= 0.3 is 11.0 Å². The van der Waals surface area contributed by atoms with E-state index in [9.17, 15) is 14.9 Å². The summed E-state index contributed by atoms with van der Waals surface area (Å²) >= 11 is 0.977. The average Bonchev–Trinajstić information content (AvgIpc) is 2.89. The van der Waals surface area contributed by atoms with Crippen molar-refractivity contribution in [3.05, 3.63) is 57.5 Å². The molecule has 1 aromatic heterocycles. The highest BCUT2D eigenvalue weighted by atomic mass is 32.1. The van der Waals surface area contributed by atoms with Crippen LogP contribution in [0.15, 0.2) is 47.6 Å². The van der Waals surface area contributed by atoms with E-state index in [0.29, 0.717) is 10.6 Å². The first-order valence-corrected chi connectivity index (χ1v) is 6.36. The van der Waals surface area contributed by atoms with Gasteiger partial charge in [0.15, 0.2) is 0 Å². The summed E-state index contributed by atoms with van der Waals surface area (Å²) in [6.45, 7) is 0. The summed E-state index contributed by atoms with van der Waals surface area (Å²) in [7, 11) is 0.